The first-order valence-electron chi connectivity index (χ1n) is 7.31. The third-order valence-electron chi connectivity index (χ3n) is 3.10. The van der Waals surface area contributed by atoms with Crippen molar-refractivity contribution in [3.63, 3.8) is 0 Å². The molecular weight excluding hydrogens is 375 g/mol. The number of nitrogens with one attached hydrogen (secondary N) is 2. The lowest BCUT2D eigenvalue weighted by atomic mass is 10.3. The second-order valence-corrected chi connectivity index (χ2v) is 5.88. The highest BCUT2D eigenvalue weighted by Crippen LogP contribution is 2.22. The highest BCUT2D eigenvalue weighted by molar-refractivity contribution is 6.35. The lowest BCUT2D eigenvalue weighted by Crippen LogP contribution is -2.38. The first-order chi connectivity index (χ1) is 11.9. The number of hydrogen-bond donors (Lipinski definition) is 2. The molecule has 0 aliphatic heterocycles. The first-order valence-corrected chi connectivity index (χ1v) is 8.06. The molecule has 0 radical (unpaired) electrons. The Kier molecular flexibility index (Phi) is 6.78. The zero-order valence-corrected chi connectivity index (χ0v) is 14.7. The molecule has 1 aromatic carbocycles. The zero-order valence-electron chi connectivity index (χ0n) is 13.2. The summed E-state index contributed by atoms with van der Waals surface area (Å²) in [4.78, 5) is 16.0. The Labute approximate surface area is 153 Å². The van der Waals surface area contributed by atoms with Crippen molar-refractivity contribution in [1.29, 1.82) is 0 Å². The second-order valence-electron chi connectivity index (χ2n) is 5.04. The average Bonchev–Trinajstić information content (AvgIpc) is 2.56. The monoisotopic (exact) mass is 389 g/mol. The van der Waals surface area contributed by atoms with Crippen LogP contribution in [0, 0.1) is 11.6 Å². The molecule has 1 amide bonds. The Morgan fingerprint density at radius 1 is 1.24 bits per heavy atom. The number of benzene rings is 1. The fraction of sp³-hybridized carbons (Fsp3) is 0.250. The SMILES string of the molecule is CC(Oc1ccc(F)c(F)c1)C(=O)NCCNc1ncc(Cl)cc1Cl. The van der Waals surface area contributed by atoms with Crippen molar-refractivity contribution < 1.29 is 18.3 Å². The number of carbonyl (C=O) groups excluding carboxylic acids is 1. The van der Waals surface area contributed by atoms with Gasteiger partial charge < -0.3 is 15.4 Å². The molecule has 0 spiro atoms. The lowest BCUT2D eigenvalue weighted by molar-refractivity contribution is -0.127. The van der Waals surface area contributed by atoms with Gasteiger partial charge in [-0.15, -0.1) is 0 Å². The number of rotatable bonds is 7. The summed E-state index contributed by atoms with van der Waals surface area (Å²) < 4.78 is 31.2. The van der Waals surface area contributed by atoms with Crippen LogP contribution in [0.25, 0.3) is 0 Å². The van der Waals surface area contributed by atoms with E-state index in [1.54, 1.807) is 6.07 Å². The van der Waals surface area contributed by atoms with Crippen LogP contribution in [0.5, 0.6) is 5.75 Å². The standard InChI is InChI=1S/C16H15Cl2F2N3O2/c1-9(25-11-2-3-13(19)14(20)7-11)16(24)22-5-4-21-15-12(18)6-10(17)8-23-15/h2-3,6-9H,4-5H2,1H3,(H,21,23)(H,22,24). The summed E-state index contributed by atoms with van der Waals surface area (Å²) >= 11 is 11.7. The van der Waals surface area contributed by atoms with Gasteiger partial charge in [0.25, 0.3) is 5.91 Å². The predicted octanol–water partition coefficient (Wildman–Crippen LogP) is 3.66. The minimum Gasteiger partial charge on any atom is -0.481 e. The van der Waals surface area contributed by atoms with Crippen LogP contribution in [0.15, 0.2) is 30.5 Å². The molecule has 1 unspecified atom stereocenters. The van der Waals surface area contributed by atoms with E-state index in [2.05, 4.69) is 15.6 Å². The number of ether oxygens (including phenoxy) is 1. The number of amides is 1. The minimum absolute atomic E-state index is 0.0665. The van der Waals surface area contributed by atoms with Crippen LogP contribution in [0.4, 0.5) is 14.6 Å². The van der Waals surface area contributed by atoms with Gasteiger partial charge in [0.15, 0.2) is 17.7 Å². The van der Waals surface area contributed by atoms with Gasteiger partial charge >= 0.3 is 0 Å². The summed E-state index contributed by atoms with van der Waals surface area (Å²) in [6, 6.07) is 4.61. The molecule has 2 rings (SSSR count). The molecule has 9 heteroatoms. The fourth-order valence-electron chi connectivity index (χ4n) is 1.86. The maximum Gasteiger partial charge on any atom is 0.260 e. The largest absolute Gasteiger partial charge is 0.481 e. The molecule has 0 bridgehead atoms. The van der Waals surface area contributed by atoms with E-state index < -0.39 is 23.6 Å². The quantitative estimate of drug-likeness (QED) is 0.709. The van der Waals surface area contributed by atoms with Gasteiger partial charge in [-0.3, -0.25) is 4.79 Å². The summed E-state index contributed by atoms with van der Waals surface area (Å²) in [6.45, 7) is 2.16. The van der Waals surface area contributed by atoms with Crippen molar-refractivity contribution in [2.24, 2.45) is 0 Å². The lowest BCUT2D eigenvalue weighted by Gasteiger charge is -2.15. The van der Waals surface area contributed by atoms with Gasteiger partial charge in [-0.25, -0.2) is 13.8 Å². The number of hydrogen-bond acceptors (Lipinski definition) is 4. The Morgan fingerprint density at radius 2 is 2.00 bits per heavy atom. The third kappa shape index (κ3) is 5.72. The number of carbonyl (C=O) groups is 1. The van der Waals surface area contributed by atoms with Crippen molar-refractivity contribution in [1.82, 2.24) is 10.3 Å². The number of pyridine rings is 1. The van der Waals surface area contributed by atoms with Crippen LogP contribution in [0.1, 0.15) is 6.92 Å². The van der Waals surface area contributed by atoms with Crippen molar-refractivity contribution >= 4 is 34.9 Å². The Balaban J connectivity index is 1.76. The molecule has 134 valence electrons. The average molecular weight is 390 g/mol. The zero-order chi connectivity index (χ0) is 18.4. The van der Waals surface area contributed by atoms with Crippen LogP contribution in [0.2, 0.25) is 10.0 Å². The van der Waals surface area contributed by atoms with Gasteiger partial charge in [0, 0.05) is 25.4 Å². The third-order valence-corrected chi connectivity index (χ3v) is 3.59. The van der Waals surface area contributed by atoms with Crippen LogP contribution >= 0.6 is 23.2 Å². The Morgan fingerprint density at radius 3 is 2.68 bits per heavy atom. The molecule has 25 heavy (non-hydrogen) atoms. The van der Waals surface area contributed by atoms with E-state index in [1.165, 1.54) is 19.2 Å². The summed E-state index contributed by atoms with van der Waals surface area (Å²) in [5, 5.41) is 6.38. The smallest absolute Gasteiger partial charge is 0.260 e. The van der Waals surface area contributed by atoms with Gasteiger partial charge in [0.05, 0.1) is 10.0 Å². The second kappa shape index (κ2) is 8.82. The summed E-state index contributed by atoms with van der Waals surface area (Å²) in [6.07, 6.45) is 0.577. The number of anilines is 1. The topological polar surface area (TPSA) is 63.2 Å². The molecule has 1 aromatic heterocycles. The van der Waals surface area contributed by atoms with Crippen molar-refractivity contribution in [2.75, 3.05) is 18.4 Å². The van der Waals surface area contributed by atoms with Gasteiger partial charge in [0.1, 0.15) is 11.6 Å². The van der Waals surface area contributed by atoms with E-state index in [4.69, 9.17) is 27.9 Å². The molecule has 2 aromatic rings. The van der Waals surface area contributed by atoms with E-state index in [9.17, 15) is 13.6 Å². The molecule has 0 saturated heterocycles. The highest BCUT2D eigenvalue weighted by atomic mass is 35.5. The molecule has 0 saturated carbocycles. The fourth-order valence-corrected chi connectivity index (χ4v) is 2.31. The summed E-state index contributed by atoms with van der Waals surface area (Å²) in [7, 11) is 0. The molecule has 1 atom stereocenters. The van der Waals surface area contributed by atoms with E-state index >= 15 is 0 Å². The van der Waals surface area contributed by atoms with Gasteiger partial charge in [0.2, 0.25) is 0 Å². The molecule has 5 nitrogen and oxygen atoms in total. The molecule has 2 N–H and O–H groups in total. The van der Waals surface area contributed by atoms with Crippen LogP contribution in [-0.4, -0.2) is 30.1 Å². The van der Waals surface area contributed by atoms with Crippen LogP contribution in [-0.2, 0) is 4.79 Å². The van der Waals surface area contributed by atoms with E-state index in [-0.39, 0.29) is 12.3 Å². The molecule has 0 aliphatic carbocycles. The van der Waals surface area contributed by atoms with Crippen LogP contribution < -0.4 is 15.4 Å². The first kappa shape index (κ1) is 19.2. The number of halogens is 4. The number of aromatic nitrogens is 1. The maximum atomic E-state index is 13.1. The van der Waals surface area contributed by atoms with Crippen molar-refractivity contribution in [3.05, 3.63) is 52.1 Å². The normalized spacial score (nSPS) is 11.7. The molecule has 0 fully saturated rings. The number of nitrogens with zero attached hydrogens (tertiary/aromatic N) is 1. The summed E-state index contributed by atoms with van der Waals surface area (Å²) in [5.74, 6) is -1.91. The van der Waals surface area contributed by atoms with Gasteiger partial charge in [-0.1, -0.05) is 23.2 Å². The van der Waals surface area contributed by atoms with Gasteiger partial charge in [-0.2, -0.15) is 0 Å². The van der Waals surface area contributed by atoms with Gasteiger partial charge in [-0.05, 0) is 25.1 Å². The van der Waals surface area contributed by atoms with Crippen molar-refractivity contribution in [3.8, 4) is 5.75 Å². The molecule has 0 aliphatic rings. The maximum absolute atomic E-state index is 13.1. The Hall–Kier alpha value is -2.12. The minimum atomic E-state index is -1.04. The van der Waals surface area contributed by atoms with E-state index in [0.717, 1.165) is 12.1 Å². The van der Waals surface area contributed by atoms with Crippen molar-refractivity contribution in [2.45, 2.75) is 13.0 Å². The molecule has 1 heterocycles. The summed E-state index contributed by atoms with van der Waals surface area (Å²) in [5.41, 5.74) is 0. The molecular formula is C16H15Cl2F2N3O2. The highest BCUT2D eigenvalue weighted by Gasteiger charge is 2.15. The Bertz CT molecular complexity index is 762. The van der Waals surface area contributed by atoms with Crippen LogP contribution in [0.3, 0.4) is 0 Å². The predicted molar refractivity (Wildman–Crippen MR) is 92.2 cm³/mol. The van der Waals surface area contributed by atoms with E-state index in [1.807, 2.05) is 0 Å². The van der Waals surface area contributed by atoms with E-state index in [0.29, 0.717) is 22.4 Å².